The molecular formula is C20H25FN6. The van der Waals surface area contributed by atoms with Crippen molar-refractivity contribution >= 4 is 33.4 Å². The van der Waals surface area contributed by atoms with Gasteiger partial charge in [-0.05, 0) is 37.8 Å². The van der Waals surface area contributed by atoms with Gasteiger partial charge in [0.2, 0.25) is 0 Å². The van der Waals surface area contributed by atoms with Crippen molar-refractivity contribution in [3.05, 3.63) is 24.5 Å². The maximum atomic E-state index is 13.4. The Hall–Kier alpha value is -2.41. The number of aromatic nitrogens is 3. The normalized spacial score (nSPS) is 20.7. The Kier molecular flexibility index (Phi) is 4.11. The Morgan fingerprint density at radius 2 is 1.85 bits per heavy atom. The fourth-order valence-electron chi connectivity index (χ4n) is 4.72. The van der Waals surface area contributed by atoms with Crippen LogP contribution in [0.5, 0.6) is 0 Å². The lowest BCUT2D eigenvalue weighted by molar-refractivity contribution is 0.0981. The molecule has 27 heavy (non-hydrogen) atoms. The van der Waals surface area contributed by atoms with E-state index in [9.17, 15) is 4.39 Å². The summed E-state index contributed by atoms with van der Waals surface area (Å²) in [7, 11) is 0. The van der Waals surface area contributed by atoms with Crippen LogP contribution in [-0.4, -0.2) is 58.2 Å². The van der Waals surface area contributed by atoms with Crippen molar-refractivity contribution in [2.45, 2.75) is 37.9 Å². The zero-order chi connectivity index (χ0) is 18.4. The Labute approximate surface area is 157 Å². The molecule has 0 radical (unpaired) electrons. The number of anilines is 2. The third-order valence-electron chi connectivity index (χ3n) is 6.17. The number of nitrogens with two attached hydrogens (primary N) is 1. The van der Waals surface area contributed by atoms with Crippen molar-refractivity contribution in [2.24, 2.45) is 0 Å². The Morgan fingerprint density at radius 3 is 2.63 bits per heavy atom. The van der Waals surface area contributed by atoms with Crippen LogP contribution in [0.15, 0.2) is 24.5 Å². The van der Waals surface area contributed by atoms with Gasteiger partial charge in [-0.15, -0.1) is 0 Å². The number of nitrogen functional groups attached to an aromatic ring is 1. The molecule has 5 rings (SSSR count). The first-order valence-corrected chi connectivity index (χ1v) is 9.84. The van der Waals surface area contributed by atoms with Crippen LogP contribution in [0.4, 0.5) is 15.9 Å². The third-order valence-corrected chi connectivity index (χ3v) is 6.17. The number of likely N-dealkylation sites (tertiary alicyclic amines) is 1. The van der Waals surface area contributed by atoms with Crippen molar-refractivity contribution in [3.8, 4) is 0 Å². The Morgan fingerprint density at radius 1 is 1.07 bits per heavy atom. The highest BCUT2D eigenvalue weighted by Gasteiger charge is 2.29. The molecule has 7 heteroatoms. The summed E-state index contributed by atoms with van der Waals surface area (Å²) in [6, 6.07) is 4.58. The molecule has 142 valence electrons. The van der Waals surface area contributed by atoms with E-state index in [0.29, 0.717) is 24.7 Å². The lowest BCUT2D eigenvalue weighted by atomic mass is 9.98. The number of aromatic amines is 1. The second-order valence-electron chi connectivity index (χ2n) is 7.73. The number of pyridine rings is 2. The number of halogens is 1. The fraction of sp³-hybridized carbons (Fsp3) is 0.500. The van der Waals surface area contributed by atoms with E-state index < -0.39 is 6.17 Å². The number of piperidine rings is 2. The first kappa shape index (κ1) is 16.7. The minimum absolute atomic E-state index is 0.548. The summed E-state index contributed by atoms with van der Waals surface area (Å²) in [5.41, 5.74) is 9.18. The van der Waals surface area contributed by atoms with Crippen LogP contribution < -0.4 is 10.6 Å². The van der Waals surface area contributed by atoms with E-state index >= 15 is 0 Å². The molecule has 5 heterocycles. The van der Waals surface area contributed by atoms with Gasteiger partial charge in [0, 0.05) is 49.2 Å². The van der Waals surface area contributed by atoms with Gasteiger partial charge in [-0.25, -0.2) is 14.4 Å². The van der Waals surface area contributed by atoms with Gasteiger partial charge >= 0.3 is 0 Å². The summed E-state index contributed by atoms with van der Waals surface area (Å²) in [5, 5.41) is 2.20. The zero-order valence-corrected chi connectivity index (χ0v) is 15.4. The maximum absolute atomic E-state index is 13.4. The molecule has 0 aromatic carbocycles. The van der Waals surface area contributed by atoms with E-state index in [1.54, 1.807) is 12.4 Å². The van der Waals surface area contributed by atoms with E-state index in [4.69, 9.17) is 5.73 Å². The quantitative estimate of drug-likeness (QED) is 0.727. The molecule has 0 unspecified atom stereocenters. The lowest BCUT2D eigenvalue weighted by Crippen LogP contribution is -2.48. The SMILES string of the molecule is Nc1ncc2[nH]c3ncccc3c2c1N1CCC(N2CCC(F)CC2)CC1. The van der Waals surface area contributed by atoms with Crippen molar-refractivity contribution in [2.75, 3.05) is 36.8 Å². The van der Waals surface area contributed by atoms with Crippen LogP contribution >= 0.6 is 0 Å². The molecule has 0 aliphatic carbocycles. The van der Waals surface area contributed by atoms with Gasteiger partial charge in [-0.1, -0.05) is 0 Å². The van der Waals surface area contributed by atoms with Gasteiger partial charge in [0.1, 0.15) is 17.6 Å². The summed E-state index contributed by atoms with van der Waals surface area (Å²) in [5.74, 6) is 0.573. The van der Waals surface area contributed by atoms with E-state index in [-0.39, 0.29) is 0 Å². The minimum Gasteiger partial charge on any atom is -0.382 e. The maximum Gasteiger partial charge on any atom is 0.147 e. The minimum atomic E-state index is -0.611. The Balaban J connectivity index is 1.42. The van der Waals surface area contributed by atoms with Gasteiger partial charge in [0.25, 0.3) is 0 Å². The summed E-state index contributed by atoms with van der Waals surface area (Å²) >= 11 is 0. The molecule has 6 nitrogen and oxygen atoms in total. The van der Waals surface area contributed by atoms with Gasteiger partial charge in [-0.3, -0.25) is 0 Å². The smallest absolute Gasteiger partial charge is 0.147 e. The number of H-pyrrole nitrogens is 1. The summed E-state index contributed by atoms with van der Waals surface area (Å²) in [6.07, 6.45) is 6.49. The van der Waals surface area contributed by atoms with E-state index in [1.807, 2.05) is 6.07 Å². The summed E-state index contributed by atoms with van der Waals surface area (Å²) in [4.78, 5) is 17.0. The van der Waals surface area contributed by atoms with Crippen LogP contribution in [0.1, 0.15) is 25.7 Å². The molecule has 2 aliphatic heterocycles. The van der Waals surface area contributed by atoms with Crippen LogP contribution in [-0.2, 0) is 0 Å². The van der Waals surface area contributed by atoms with Gasteiger partial charge in [0.05, 0.1) is 17.4 Å². The number of nitrogens with one attached hydrogen (secondary N) is 1. The number of rotatable bonds is 2. The first-order valence-electron chi connectivity index (χ1n) is 9.84. The van der Waals surface area contributed by atoms with Crippen molar-refractivity contribution in [1.82, 2.24) is 19.9 Å². The molecule has 3 N–H and O–H groups in total. The highest BCUT2D eigenvalue weighted by atomic mass is 19.1. The third kappa shape index (κ3) is 2.90. The number of nitrogens with zero attached hydrogens (tertiary/aromatic N) is 4. The number of hydrogen-bond acceptors (Lipinski definition) is 5. The molecule has 0 spiro atoms. The molecule has 0 amide bonds. The fourth-order valence-corrected chi connectivity index (χ4v) is 4.72. The molecular weight excluding hydrogens is 343 g/mol. The first-order chi connectivity index (χ1) is 13.2. The second kappa shape index (κ2) is 6.64. The van der Waals surface area contributed by atoms with E-state index in [2.05, 4.69) is 30.8 Å². The largest absolute Gasteiger partial charge is 0.382 e. The van der Waals surface area contributed by atoms with Gasteiger partial charge < -0.3 is 20.5 Å². The van der Waals surface area contributed by atoms with E-state index in [1.165, 1.54) is 0 Å². The molecule has 0 saturated carbocycles. The second-order valence-corrected chi connectivity index (χ2v) is 7.73. The number of hydrogen-bond donors (Lipinski definition) is 2. The monoisotopic (exact) mass is 368 g/mol. The van der Waals surface area contributed by atoms with Crippen LogP contribution in [0.25, 0.3) is 21.9 Å². The molecule has 2 aliphatic rings. The van der Waals surface area contributed by atoms with Crippen LogP contribution in [0.3, 0.4) is 0 Å². The van der Waals surface area contributed by atoms with Crippen molar-refractivity contribution in [3.63, 3.8) is 0 Å². The summed E-state index contributed by atoms with van der Waals surface area (Å²) < 4.78 is 13.4. The highest BCUT2D eigenvalue weighted by Crippen LogP contribution is 2.37. The Bertz CT molecular complexity index is 954. The predicted molar refractivity (Wildman–Crippen MR) is 107 cm³/mol. The molecule has 2 saturated heterocycles. The highest BCUT2D eigenvalue weighted by molar-refractivity contribution is 6.14. The average Bonchev–Trinajstić information content (AvgIpc) is 3.08. The van der Waals surface area contributed by atoms with Crippen LogP contribution in [0.2, 0.25) is 0 Å². The van der Waals surface area contributed by atoms with Gasteiger partial charge in [-0.2, -0.15) is 0 Å². The predicted octanol–water partition coefficient (Wildman–Crippen LogP) is 3.10. The number of alkyl halides is 1. The molecule has 3 aromatic rings. The molecule has 2 fully saturated rings. The lowest BCUT2D eigenvalue weighted by Gasteiger charge is -2.41. The topological polar surface area (TPSA) is 74.1 Å². The standard InChI is InChI=1S/C20H25FN6/c21-13-3-8-26(9-4-13)14-5-10-27(11-6-14)18-17-15-2-1-7-23-20(15)25-16(17)12-24-19(18)22/h1-2,7,12-14H,3-6,8-11H2,(H2,22,24)(H,23,25). The van der Waals surface area contributed by atoms with E-state index in [0.717, 1.165) is 66.6 Å². The van der Waals surface area contributed by atoms with Crippen molar-refractivity contribution in [1.29, 1.82) is 0 Å². The van der Waals surface area contributed by atoms with Crippen molar-refractivity contribution < 1.29 is 4.39 Å². The molecule has 0 atom stereocenters. The molecule has 0 bridgehead atoms. The van der Waals surface area contributed by atoms with Crippen LogP contribution in [0, 0.1) is 0 Å². The zero-order valence-electron chi connectivity index (χ0n) is 15.4. The molecule has 3 aromatic heterocycles. The average molecular weight is 368 g/mol. The summed E-state index contributed by atoms with van der Waals surface area (Å²) in [6.45, 7) is 3.66. The number of fused-ring (bicyclic) bond motifs is 3. The van der Waals surface area contributed by atoms with Gasteiger partial charge in [0.15, 0.2) is 0 Å².